The number of hydrogen-bond donors (Lipinski definition) is 1. The number of para-hydroxylation sites is 1. The van der Waals surface area contributed by atoms with Gasteiger partial charge in [0.25, 0.3) is 5.91 Å². The quantitative estimate of drug-likeness (QED) is 0.657. The van der Waals surface area contributed by atoms with Gasteiger partial charge in [-0.1, -0.05) is 19.1 Å². The molecule has 4 rings (SSSR count). The lowest BCUT2D eigenvalue weighted by atomic mass is 10.1. The number of carbonyl (C=O) groups excluding carboxylic acids is 1. The van der Waals surface area contributed by atoms with E-state index < -0.39 is 0 Å². The van der Waals surface area contributed by atoms with Crippen LogP contribution in [0, 0.1) is 0 Å². The lowest BCUT2D eigenvalue weighted by molar-refractivity contribution is 0.0361. The zero-order valence-electron chi connectivity index (χ0n) is 18.8. The Balaban J connectivity index is 1.46. The van der Waals surface area contributed by atoms with E-state index in [1.807, 2.05) is 22.9 Å². The van der Waals surface area contributed by atoms with Crippen LogP contribution in [0.3, 0.4) is 0 Å². The van der Waals surface area contributed by atoms with Crippen molar-refractivity contribution in [1.29, 1.82) is 0 Å². The van der Waals surface area contributed by atoms with Crippen molar-refractivity contribution in [2.45, 2.75) is 38.8 Å². The molecular weight excluding hydrogens is 394 g/mol. The van der Waals surface area contributed by atoms with E-state index >= 15 is 0 Å². The van der Waals surface area contributed by atoms with Gasteiger partial charge in [0.05, 0.1) is 26.9 Å². The van der Waals surface area contributed by atoms with Crippen LogP contribution in [0.25, 0.3) is 10.9 Å². The van der Waals surface area contributed by atoms with Crippen LogP contribution in [0.15, 0.2) is 18.2 Å². The monoisotopic (exact) mass is 429 g/mol. The molecule has 0 saturated carbocycles. The maximum Gasteiger partial charge on any atom is 0.272 e. The molecular formula is C23H35N5O3. The highest BCUT2D eigenvalue weighted by molar-refractivity contribution is 6.06. The fourth-order valence-electron chi connectivity index (χ4n) is 4.83. The van der Waals surface area contributed by atoms with Crippen LogP contribution in [-0.4, -0.2) is 91.1 Å². The minimum Gasteiger partial charge on any atom is -0.494 e. The number of ether oxygens (including phenoxy) is 2. The molecule has 2 aliphatic heterocycles. The summed E-state index contributed by atoms with van der Waals surface area (Å²) in [6.45, 7) is 10.1. The van der Waals surface area contributed by atoms with Crippen molar-refractivity contribution in [1.82, 2.24) is 24.9 Å². The molecule has 8 heteroatoms. The first kappa shape index (κ1) is 22.0. The van der Waals surface area contributed by atoms with Gasteiger partial charge in [-0.25, -0.2) is 0 Å². The average Bonchev–Trinajstić information content (AvgIpc) is 3.42. The molecule has 1 amide bonds. The molecule has 2 aliphatic rings. The smallest absolute Gasteiger partial charge is 0.272 e. The first-order valence-corrected chi connectivity index (χ1v) is 11.6. The predicted molar refractivity (Wildman–Crippen MR) is 121 cm³/mol. The van der Waals surface area contributed by atoms with Crippen molar-refractivity contribution in [2.75, 3.05) is 59.6 Å². The number of nitrogens with zero attached hydrogens (tertiary/aromatic N) is 4. The summed E-state index contributed by atoms with van der Waals surface area (Å²) in [5.74, 6) is 0.639. The maximum atomic E-state index is 13.0. The summed E-state index contributed by atoms with van der Waals surface area (Å²) in [5.41, 5.74) is 1.37. The molecule has 0 aliphatic carbocycles. The van der Waals surface area contributed by atoms with E-state index in [1.54, 1.807) is 7.11 Å². The Kier molecular flexibility index (Phi) is 7.42. The second-order valence-corrected chi connectivity index (χ2v) is 8.35. The first-order chi connectivity index (χ1) is 15.2. The second kappa shape index (κ2) is 10.4. The number of hydrogen-bond acceptors (Lipinski definition) is 6. The summed E-state index contributed by atoms with van der Waals surface area (Å²) < 4.78 is 13.0. The summed E-state index contributed by atoms with van der Waals surface area (Å²) in [6, 6.07) is 6.38. The Morgan fingerprint density at radius 2 is 2.10 bits per heavy atom. The number of likely N-dealkylation sites (tertiary alicyclic amines) is 1. The topological polar surface area (TPSA) is 71.9 Å². The highest BCUT2D eigenvalue weighted by atomic mass is 16.5. The zero-order chi connectivity index (χ0) is 21.6. The summed E-state index contributed by atoms with van der Waals surface area (Å²) >= 11 is 0. The summed E-state index contributed by atoms with van der Waals surface area (Å²) in [4.78, 5) is 17.9. The van der Waals surface area contributed by atoms with Gasteiger partial charge in [0.1, 0.15) is 11.3 Å². The molecule has 170 valence electrons. The van der Waals surface area contributed by atoms with Gasteiger partial charge >= 0.3 is 0 Å². The number of benzene rings is 1. The van der Waals surface area contributed by atoms with Crippen LogP contribution < -0.4 is 10.1 Å². The Bertz CT molecular complexity index is 877. The number of fused-ring (bicyclic) bond motifs is 1. The SMILES string of the molecule is CCN1CCCC1CCNC(=O)c1nn(CCN2CCOCC2)c2c(OC)cccc12. The number of aromatic nitrogens is 2. The number of morpholine rings is 1. The van der Waals surface area contributed by atoms with Gasteiger partial charge in [0.2, 0.25) is 0 Å². The van der Waals surface area contributed by atoms with Crippen LogP contribution in [0.5, 0.6) is 5.75 Å². The maximum absolute atomic E-state index is 13.0. The Labute approximate surface area is 184 Å². The second-order valence-electron chi connectivity index (χ2n) is 8.35. The zero-order valence-corrected chi connectivity index (χ0v) is 18.8. The molecule has 3 heterocycles. The molecule has 31 heavy (non-hydrogen) atoms. The molecule has 1 unspecified atom stereocenters. The van der Waals surface area contributed by atoms with Crippen LogP contribution in [0.2, 0.25) is 0 Å². The molecule has 1 aromatic carbocycles. The predicted octanol–water partition coefficient (Wildman–Crippen LogP) is 1.98. The van der Waals surface area contributed by atoms with Crippen molar-refractivity contribution in [3.8, 4) is 5.75 Å². The van der Waals surface area contributed by atoms with Crippen molar-refractivity contribution in [3.05, 3.63) is 23.9 Å². The molecule has 1 N–H and O–H groups in total. The minimum absolute atomic E-state index is 0.107. The highest BCUT2D eigenvalue weighted by Gasteiger charge is 2.24. The van der Waals surface area contributed by atoms with Gasteiger partial charge in [-0.15, -0.1) is 0 Å². The lowest BCUT2D eigenvalue weighted by Gasteiger charge is -2.26. The van der Waals surface area contributed by atoms with Gasteiger partial charge in [0.15, 0.2) is 5.69 Å². The summed E-state index contributed by atoms with van der Waals surface area (Å²) in [5, 5.41) is 8.67. The van der Waals surface area contributed by atoms with Gasteiger partial charge in [-0.2, -0.15) is 5.10 Å². The van der Waals surface area contributed by atoms with Crippen molar-refractivity contribution < 1.29 is 14.3 Å². The molecule has 8 nitrogen and oxygen atoms in total. The first-order valence-electron chi connectivity index (χ1n) is 11.6. The number of methoxy groups -OCH3 is 1. The molecule has 0 spiro atoms. The Morgan fingerprint density at radius 1 is 1.26 bits per heavy atom. The van der Waals surface area contributed by atoms with Gasteiger partial charge in [-0.3, -0.25) is 14.4 Å². The van der Waals surface area contributed by atoms with E-state index in [4.69, 9.17) is 14.6 Å². The van der Waals surface area contributed by atoms with Crippen LogP contribution in [0.4, 0.5) is 0 Å². The molecule has 0 radical (unpaired) electrons. The van der Waals surface area contributed by atoms with E-state index in [2.05, 4.69) is 22.0 Å². The van der Waals surface area contributed by atoms with E-state index in [1.165, 1.54) is 19.4 Å². The van der Waals surface area contributed by atoms with Gasteiger partial charge in [0, 0.05) is 37.6 Å². The molecule has 2 aromatic rings. The Hall–Kier alpha value is -2.16. The van der Waals surface area contributed by atoms with E-state index in [0.29, 0.717) is 24.8 Å². The number of rotatable bonds is 9. The third kappa shape index (κ3) is 5.02. The number of nitrogens with one attached hydrogen (secondary N) is 1. The molecule has 0 bridgehead atoms. The summed E-state index contributed by atoms with van der Waals surface area (Å²) in [6.07, 6.45) is 3.46. The van der Waals surface area contributed by atoms with Crippen LogP contribution >= 0.6 is 0 Å². The average molecular weight is 430 g/mol. The van der Waals surface area contributed by atoms with E-state index in [9.17, 15) is 4.79 Å². The highest BCUT2D eigenvalue weighted by Crippen LogP contribution is 2.28. The van der Waals surface area contributed by atoms with E-state index in [0.717, 1.165) is 62.5 Å². The number of amides is 1. The van der Waals surface area contributed by atoms with Crippen molar-refractivity contribution in [2.24, 2.45) is 0 Å². The number of carbonyl (C=O) groups is 1. The molecule has 1 atom stereocenters. The Morgan fingerprint density at radius 3 is 2.87 bits per heavy atom. The van der Waals surface area contributed by atoms with Crippen LogP contribution in [0.1, 0.15) is 36.7 Å². The third-order valence-corrected chi connectivity index (χ3v) is 6.57. The third-order valence-electron chi connectivity index (χ3n) is 6.57. The molecule has 2 fully saturated rings. The van der Waals surface area contributed by atoms with Crippen molar-refractivity contribution >= 4 is 16.8 Å². The van der Waals surface area contributed by atoms with E-state index in [-0.39, 0.29) is 5.91 Å². The largest absolute Gasteiger partial charge is 0.494 e. The summed E-state index contributed by atoms with van der Waals surface area (Å²) in [7, 11) is 1.66. The lowest BCUT2D eigenvalue weighted by Crippen LogP contribution is -2.38. The normalized spacial score (nSPS) is 20.4. The standard InChI is InChI=1S/C23H35N5O3/c1-3-27-11-5-6-18(27)9-10-24-23(29)21-19-7-4-8-20(30-2)22(19)28(25-21)13-12-26-14-16-31-17-15-26/h4,7-8,18H,3,5-6,9-17H2,1-2H3,(H,24,29). The fourth-order valence-corrected chi connectivity index (χ4v) is 4.83. The molecule has 2 saturated heterocycles. The fraction of sp³-hybridized carbons (Fsp3) is 0.652. The van der Waals surface area contributed by atoms with Gasteiger partial charge < -0.3 is 19.7 Å². The minimum atomic E-state index is -0.107. The van der Waals surface area contributed by atoms with Crippen LogP contribution in [-0.2, 0) is 11.3 Å². The van der Waals surface area contributed by atoms with Crippen molar-refractivity contribution in [3.63, 3.8) is 0 Å². The molecule has 1 aromatic heterocycles. The van der Waals surface area contributed by atoms with Gasteiger partial charge in [-0.05, 0) is 38.4 Å².